The Morgan fingerprint density at radius 2 is 2.07 bits per heavy atom. The predicted molar refractivity (Wildman–Crippen MR) is 107 cm³/mol. The number of H-pyrrole nitrogens is 1. The Morgan fingerprint density at radius 3 is 2.89 bits per heavy atom. The van der Waals surface area contributed by atoms with Crippen LogP contribution in [0.5, 0.6) is 0 Å². The maximum absolute atomic E-state index is 12.7. The number of carbonyl (C=O) groups is 2. The van der Waals surface area contributed by atoms with Crippen LogP contribution in [0.3, 0.4) is 0 Å². The molecule has 0 radical (unpaired) electrons. The Hall–Kier alpha value is -2.79. The lowest BCUT2D eigenvalue weighted by molar-refractivity contribution is -0.125. The molecule has 0 saturated heterocycles. The fourth-order valence-electron chi connectivity index (χ4n) is 3.78. The highest BCUT2D eigenvalue weighted by Crippen LogP contribution is 2.32. The number of rotatable bonds is 4. The zero-order valence-corrected chi connectivity index (χ0v) is 15.7. The van der Waals surface area contributed by atoms with Gasteiger partial charge in [0.05, 0.1) is 0 Å². The summed E-state index contributed by atoms with van der Waals surface area (Å²) < 4.78 is 0. The molecule has 0 unspecified atom stereocenters. The first-order valence-corrected chi connectivity index (χ1v) is 9.33. The van der Waals surface area contributed by atoms with E-state index < -0.39 is 6.04 Å². The molecule has 1 aliphatic heterocycles. The van der Waals surface area contributed by atoms with Crippen molar-refractivity contribution in [1.29, 1.82) is 0 Å². The minimum atomic E-state index is -0.489. The number of carbonyl (C=O) groups excluding carboxylic acids is 2. The first-order valence-electron chi connectivity index (χ1n) is 8.95. The second kappa shape index (κ2) is 7.08. The van der Waals surface area contributed by atoms with E-state index in [2.05, 4.69) is 10.3 Å². The van der Waals surface area contributed by atoms with Gasteiger partial charge >= 0.3 is 0 Å². The monoisotopic (exact) mass is 381 g/mol. The van der Waals surface area contributed by atoms with Crippen LogP contribution in [0, 0.1) is 0 Å². The van der Waals surface area contributed by atoms with Crippen molar-refractivity contribution in [2.75, 3.05) is 11.4 Å². The van der Waals surface area contributed by atoms with Crippen molar-refractivity contribution in [3.63, 3.8) is 0 Å². The minimum absolute atomic E-state index is 0.119. The van der Waals surface area contributed by atoms with Gasteiger partial charge in [-0.15, -0.1) is 0 Å². The van der Waals surface area contributed by atoms with Crippen molar-refractivity contribution in [3.8, 4) is 0 Å². The minimum Gasteiger partial charge on any atom is -0.361 e. The summed E-state index contributed by atoms with van der Waals surface area (Å²) in [4.78, 5) is 29.6. The predicted octanol–water partition coefficient (Wildman–Crippen LogP) is 3.46. The van der Waals surface area contributed by atoms with Gasteiger partial charge in [0.15, 0.2) is 0 Å². The Morgan fingerprint density at radius 1 is 1.26 bits per heavy atom. The Balaban J connectivity index is 1.43. The van der Waals surface area contributed by atoms with Crippen LogP contribution in [0.25, 0.3) is 10.9 Å². The third kappa shape index (κ3) is 3.30. The molecule has 0 fully saturated rings. The van der Waals surface area contributed by atoms with Crippen LogP contribution in [0.15, 0.2) is 48.7 Å². The summed E-state index contributed by atoms with van der Waals surface area (Å²) in [5.41, 5.74) is 3.98. The number of halogens is 1. The topological polar surface area (TPSA) is 65.2 Å². The van der Waals surface area contributed by atoms with Gasteiger partial charge < -0.3 is 10.3 Å². The van der Waals surface area contributed by atoms with E-state index in [1.54, 1.807) is 4.90 Å². The molecular formula is C21H20ClN3O2. The van der Waals surface area contributed by atoms with E-state index >= 15 is 0 Å². The first kappa shape index (κ1) is 17.6. The van der Waals surface area contributed by atoms with E-state index in [1.165, 1.54) is 6.92 Å². The number of aromatic nitrogens is 1. The van der Waals surface area contributed by atoms with E-state index in [-0.39, 0.29) is 11.8 Å². The summed E-state index contributed by atoms with van der Waals surface area (Å²) in [6, 6.07) is 12.9. The third-order valence-corrected chi connectivity index (χ3v) is 5.28. The Kier molecular flexibility index (Phi) is 4.62. The average molecular weight is 382 g/mol. The fraction of sp³-hybridized carbons (Fsp3) is 0.238. The summed E-state index contributed by atoms with van der Waals surface area (Å²) in [5.74, 6) is -0.245. The summed E-state index contributed by atoms with van der Waals surface area (Å²) in [7, 11) is 0. The molecule has 27 heavy (non-hydrogen) atoms. The molecule has 2 N–H and O–H groups in total. The SMILES string of the molecule is CC(=O)N1c2ccccc2C[C@@H]1C(=O)NCCc1c[nH]c2ccc(Cl)cc12. The van der Waals surface area contributed by atoms with Gasteiger partial charge in [-0.3, -0.25) is 14.5 Å². The number of amides is 2. The Labute approximate surface area is 162 Å². The van der Waals surface area contributed by atoms with Crippen molar-refractivity contribution in [2.45, 2.75) is 25.8 Å². The van der Waals surface area contributed by atoms with E-state index in [9.17, 15) is 9.59 Å². The summed E-state index contributed by atoms with van der Waals surface area (Å²) in [6.07, 6.45) is 3.18. The van der Waals surface area contributed by atoms with Crippen molar-refractivity contribution >= 4 is 40.0 Å². The van der Waals surface area contributed by atoms with Gasteiger partial charge in [0.25, 0.3) is 0 Å². The number of hydrogen-bond donors (Lipinski definition) is 2. The number of benzene rings is 2. The van der Waals surface area contributed by atoms with Crippen LogP contribution in [-0.4, -0.2) is 29.4 Å². The first-order chi connectivity index (χ1) is 13.0. The largest absolute Gasteiger partial charge is 0.361 e. The highest BCUT2D eigenvalue weighted by atomic mass is 35.5. The molecular weight excluding hydrogens is 362 g/mol. The fourth-order valence-corrected chi connectivity index (χ4v) is 3.95. The molecule has 5 nitrogen and oxygen atoms in total. The second-order valence-electron chi connectivity index (χ2n) is 6.78. The van der Waals surface area contributed by atoms with Gasteiger partial charge in [-0.05, 0) is 41.8 Å². The van der Waals surface area contributed by atoms with Crippen molar-refractivity contribution in [2.24, 2.45) is 0 Å². The zero-order valence-electron chi connectivity index (χ0n) is 15.0. The van der Waals surface area contributed by atoms with Crippen LogP contribution >= 0.6 is 11.6 Å². The average Bonchev–Trinajstić information content (AvgIpc) is 3.23. The molecule has 2 amide bonds. The highest BCUT2D eigenvalue weighted by Gasteiger charge is 2.36. The quantitative estimate of drug-likeness (QED) is 0.726. The van der Waals surface area contributed by atoms with Crippen LogP contribution in [0.4, 0.5) is 5.69 Å². The van der Waals surface area contributed by atoms with Gasteiger partial charge in [0.2, 0.25) is 11.8 Å². The van der Waals surface area contributed by atoms with Crippen LogP contribution < -0.4 is 10.2 Å². The van der Waals surface area contributed by atoms with Gasteiger partial charge in [0, 0.05) is 47.7 Å². The lowest BCUT2D eigenvalue weighted by Gasteiger charge is -2.23. The van der Waals surface area contributed by atoms with E-state index in [0.717, 1.165) is 27.7 Å². The Bertz CT molecular complexity index is 1030. The molecule has 1 aromatic heterocycles. The summed E-state index contributed by atoms with van der Waals surface area (Å²) >= 11 is 6.09. The molecule has 1 atom stereocenters. The molecule has 138 valence electrons. The normalized spacial score (nSPS) is 15.8. The van der Waals surface area contributed by atoms with Crippen molar-refractivity contribution in [1.82, 2.24) is 10.3 Å². The number of anilines is 1. The van der Waals surface area contributed by atoms with E-state index in [0.29, 0.717) is 24.4 Å². The molecule has 3 aromatic rings. The number of nitrogens with zero attached hydrogens (tertiary/aromatic N) is 1. The number of aromatic amines is 1. The smallest absolute Gasteiger partial charge is 0.243 e. The number of hydrogen-bond acceptors (Lipinski definition) is 2. The zero-order chi connectivity index (χ0) is 19.0. The number of fused-ring (bicyclic) bond motifs is 2. The molecule has 0 spiro atoms. The van der Waals surface area contributed by atoms with Gasteiger partial charge in [0.1, 0.15) is 6.04 Å². The lowest BCUT2D eigenvalue weighted by Crippen LogP contribution is -2.47. The number of nitrogens with one attached hydrogen (secondary N) is 2. The lowest BCUT2D eigenvalue weighted by atomic mass is 10.1. The molecule has 2 aromatic carbocycles. The highest BCUT2D eigenvalue weighted by molar-refractivity contribution is 6.31. The summed E-state index contributed by atoms with van der Waals surface area (Å²) in [5, 5.41) is 4.74. The van der Waals surface area contributed by atoms with Gasteiger partial charge in [-0.1, -0.05) is 29.8 Å². The third-order valence-electron chi connectivity index (χ3n) is 5.04. The molecule has 1 aliphatic rings. The standard InChI is InChI=1S/C21H20ClN3O2/c1-13(26)25-19-5-3-2-4-14(19)10-20(25)21(27)23-9-8-15-12-24-18-7-6-16(22)11-17(15)18/h2-7,11-12,20,24H,8-10H2,1H3,(H,23,27)/t20-/m1/s1. The maximum atomic E-state index is 12.7. The van der Waals surface area contributed by atoms with E-state index in [4.69, 9.17) is 11.6 Å². The van der Waals surface area contributed by atoms with E-state index in [1.807, 2.05) is 48.7 Å². The van der Waals surface area contributed by atoms with Crippen molar-refractivity contribution in [3.05, 3.63) is 64.8 Å². The van der Waals surface area contributed by atoms with Crippen LogP contribution in [0.1, 0.15) is 18.1 Å². The van der Waals surface area contributed by atoms with Crippen LogP contribution in [0.2, 0.25) is 5.02 Å². The van der Waals surface area contributed by atoms with Crippen molar-refractivity contribution < 1.29 is 9.59 Å². The van der Waals surface area contributed by atoms with Gasteiger partial charge in [-0.2, -0.15) is 0 Å². The molecule has 0 aliphatic carbocycles. The molecule has 6 heteroatoms. The molecule has 0 bridgehead atoms. The second-order valence-corrected chi connectivity index (χ2v) is 7.22. The molecule has 0 saturated carbocycles. The van der Waals surface area contributed by atoms with Crippen LogP contribution in [-0.2, 0) is 22.4 Å². The molecule has 4 rings (SSSR count). The van der Waals surface area contributed by atoms with Gasteiger partial charge in [-0.25, -0.2) is 0 Å². The number of para-hydroxylation sites is 1. The summed E-state index contributed by atoms with van der Waals surface area (Å²) in [6.45, 7) is 1.99. The maximum Gasteiger partial charge on any atom is 0.243 e. The molecule has 2 heterocycles.